The minimum atomic E-state index is -0.671. The molecule has 0 unspecified atom stereocenters. The lowest BCUT2D eigenvalue weighted by Gasteiger charge is -2.43. The molecule has 0 spiro atoms. The summed E-state index contributed by atoms with van der Waals surface area (Å²) in [5.74, 6) is -0.500. The number of carbonyl (C=O) groups is 3. The Balaban J connectivity index is 1.33. The van der Waals surface area contributed by atoms with Crippen molar-refractivity contribution in [2.24, 2.45) is 0 Å². The van der Waals surface area contributed by atoms with Crippen LogP contribution in [0.3, 0.4) is 0 Å². The topological polar surface area (TPSA) is 111 Å². The van der Waals surface area contributed by atoms with Crippen molar-refractivity contribution in [2.75, 3.05) is 51.2 Å². The maximum Gasteiger partial charge on any atom is 0.246 e. The zero-order valence-corrected chi connectivity index (χ0v) is 22.3. The van der Waals surface area contributed by atoms with Crippen LogP contribution in [0.5, 0.6) is 0 Å². The highest BCUT2D eigenvalue weighted by atomic mass is 35.5. The van der Waals surface area contributed by atoms with Gasteiger partial charge in [0.1, 0.15) is 6.04 Å². The zero-order chi connectivity index (χ0) is 27.0. The number of carbonyl (C=O) groups excluding carboxylic acids is 3. The van der Waals surface area contributed by atoms with Gasteiger partial charge in [0.15, 0.2) is 0 Å². The maximum atomic E-state index is 13.6. The Hall–Kier alpha value is -3.47. The Bertz CT molecular complexity index is 1410. The van der Waals surface area contributed by atoms with Crippen LogP contribution in [-0.4, -0.2) is 99.9 Å². The Kier molecular flexibility index (Phi) is 7.13. The van der Waals surface area contributed by atoms with E-state index in [9.17, 15) is 14.4 Å². The highest BCUT2D eigenvalue weighted by molar-refractivity contribution is 6.33. The molecule has 2 saturated heterocycles. The molecule has 0 aliphatic carbocycles. The van der Waals surface area contributed by atoms with Gasteiger partial charge in [-0.1, -0.05) is 18.2 Å². The number of amides is 3. The minimum absolute atomic E-state index is 0.0727. The van der Waals surface area contributed by atoms with Crippen molar-refractivity contribution in [3.63, 3.8) is 0 Å². The highest BCUT2D eigenvalue weighted by Gasteiger charge is 2.39. The molecule has 1 aromatic carbocycles. The fraction of sp³-hybridized carbons (Fsp3) is 0.407. The molecule has 2 aliphatic rings. The predicted molar refractivity (Wildman–Crippen MR) is 146 cm³/mol. The van der Waals surface area contributed by atoms with Crippen LogP contribution in [-0.2, 0) is 19.1 Å². The van der Waals surface area contributed by atoms with E-state index in [2.05, 4.69) is 21.9 Å². The van der Waals surface area contributed by atoms with Gasteiger partial charge in [0.25, 0.3) is 0 Å². The molecule has 4 heterocycles. The number of halogens is 1. The van der Waals surface area contributed by atoms with E-state index in [1.807, 2.05) is 30.9 Å². The lowest BCUT2D eigenvalue weighted by atomic mass is 10.0. The summed E-state index contributed by atoms with van der Waals surface area (Å²) in [7, 11) is 0. The summed E-state index contributed by atoms with van der Waals surface area (Å²) in [6.07, 6.45) is 4.73. The largest absolute Gasteiger partial charge is 0.372 e. The molecule has 2 N–H and O–H groups in total. The van der Waals surface area contributed by atoms with Gasteiger partial charge in [0.05, 0.1) is 41.7 Å². The van der Waals surface area contributed by atoms with Crippen LogP contribution >= 0.6 is 11.6 Å². The van der Waals surface area contributed by atoms with Crippen molar-refractivity contribution >= 4 is 56.8 Å². The molecular formula is C27H31ClN6O4. The summed E-state index contributed by atoms with van der Waals surface area (Å²) in [6.45, 7) is 9.85. The van der Waals surface area contributed by atoms with E-state index in [1.54, 1.807) is 28.3 Å². The fourth-order valence-corrected chi connectivity index (χ4v) is 5.39. The monoisotopic (exact) mass is 538 g/mol. The number of nitrogens with one attached hydrogen (secondary N) is 2. The first kappa shape index (κ1) is 26.1. The smallest absolute Gasteiger partial charge is 0.246 e. The van der Waals surface area contributed by atoms with E-state index in [0.717, 1.165) is 21.8 Å². The van der Waals surface area contributed by atoms with Gasteiger partial charge in [-0.25, -0.2) is 0 Å². The second-order valence-electron chi connectivity index (χ2n) is 10.3. The van der Waals surface area contributed by atoms with Crippen LogP contribution in [0, 0.1) is 0 Å². The minimum Gasteiger partial charge on any atom is -0.372 e. The van der Waals surface area contributed by atoms with Crippen molar-refractivity contribution in [3.05, 3.63) is 48.3 Å². The summed E-state index contributed by atoms with van der Waals surface area (Å²) in [4.78, 5) is 51.5. The molecule has 5 rings (SSSR count). The van der Waals surface area contributed by atoms with Crippen LogP contribution in [0.4, 0.5) is 5.69 Å². The molecule has 11 heteroatoms. The number of benzene rings is 1. The van der Waals surface area contributed by atoms with Gasteiger partial charge in [-0.3, -0.25) is 24.3 Å². The molecule has 0 bridgehead atoms. The number of hydrogen-bond donors (Lipinski definition) is 2. The van der Waals surface area contributed by atoms with E-state index >= 15 is 0 Å². The van der Waals surface area contributed by atoms with Gasteiger partial charge in [0, 0.05) is 54.7 Å². The summed E-state index contributed by atoms with van der Waals surface area (Å²) < 4.78 is 5.98. The zero-order valence-electron chi connectivity index (χ0n) is 21.5. The van der Waals surface area contributed by atoms with Gasteiger partial charge in [-0.15, -0.1) is 0 Å². The molecule has 2 aromatic heterocycles. The SMILES string of the molecule is C=CC(=O)N1CCN(C(=O)CN2CC(C)(C)OC[C@H]2C(=O)Nc2cc(Cl)cc3c2[nH]c2cnccc23)CC1. The first-order chi connectivity index (χ1) is 18.1. The molecule has 3 amide bonds. The summed E-state index contributed by atoms with van der Waals surface area (Å²) in [5.41, 5.74) is 1.62. The Morgan fingerprint density at radius 2 is 1.95 bits per heavy atom. The van der Waals surface area contributed by atoms with Crippen LogP contribution in [0.25, 0.3) is 21.8 Å². The molecule has 1 atom stereocenters. The van der Waals surface area contributed by atoms with Gasteiger partial charge in [-0.05, 0) is 38.1 Å². The predicted octanol–water partition coefficient (Wildman–Crippen LogP) is 2.64. The molecule has 38 heavy (non-hydrogen) atoms. The standard InChI is InChI=1S/C27H31ClN6O4/c1-4-23(35)32-7-9-33(10-8-32)24(36)14-34-16-27(2,3)38-15-22(34)26(37)31-20-12-17(28)11-19-18-5-6-29-13-21(18)30-25(19)20/h4-6,11-13,22,30H,1,7-10,14-16H2,2-3H3,(H,31,37)/t22-/m0/s1. The number of rotatable bonds is 5. The van der Waals surface area contributed by atoms with Crippen LogP contribution in [0.1, 0.15) is 13.8 Å². The normalized spacial score (nSPS) is 20.0. The van der Waals surface area contributed by atoms with Gasteiger partial charge in [-0.2, -0.15) is 0 Å². The number of H-pyrrole nitrogens is 1. The third-order valence-electron chi connectivity index (χ3n) is 7.15. The lowest BCUT2D eigenvalue weighted by Crippen LogP contribution is -2.61. The second-order valence-corrected chi connectivity index (χ2v) is 10.7. The summed E-state index contributed by atoms with van der Waals surface area (Å²) in [6, 6.07) is 4.78. The van der Waals surface area contributed by atoms with Crippen molar-refractivity contribution in [1.82, 2.24) is 24.7 Å². The molecule has 0 radical (unpaired) electrons. The quantitative estimate of drug-likeness (QED) is 0.483. The Morgan fingerprint density at radius 3 is 2.68 bits per heavy atom. The number of fused-ring (bicyclic) bond motifs is 3. The van der Waals surface area contributed by atoms with E-state index in [0.29, 0.717) is 43.4 Å². The number of anilines is 1. The van der Waals surface area contributed by atoms with Crippen molar-refractivity contribution < 1.29 is 19.1 Å². The van der Waals surface area contributed by atoms with E-state index < -0.39 is 11.6 Å². The Morgan fingerprint density at radius 1 is 1.21 bits per heavy atom. The second kappa shape index (κ2) is 10.4. The third kappa shape index (κ3) is 5.24. The number of morpholine rings is 1. The summed E-state index contributed by atoms with van der Waals surface area (Å²) >= 11 is 6.41. The van der Waals surface area contributed by atoms with Crippen molar-refractivity contribution in [3.8, 4) is 0 Å². The first-order valence-electron chi connectivity index (χ1n) is 12.6. The molecule has 3 aromatic rings. The van der Waals surface area contributed by atoms with E-state index in [4.69, 9.17) is 16.3 Å². The van der Waals surface area contributed by atoms with Gasteiger partial charge in [0.2, 0.25) is 17.7 Å². The highest BCUT2D eigenvalue weighted by Crippen LogP contribution is 2.33. The van der Waals surface area contributed by atoms with Crippen LogP contribution in [0.15, 0.2) is 43.2 Å². The molecule has 2 fully saturated rings. The van der Waals surface area contributed by atoms with Crippen molar-refractivity contribution in [1.29, 1.82) is 0 Å². The number of ether oxygens (including phenoxy) is 1. The van der Waals surface area contributed by atoms with Crippen molar-refractivity contribution in [2.45, 2.75) is 25.5 Å². The number of nitrogens with zero attached hydrogens (tertiary/aromatic N) is 4. The maximum absolute atomic E-state index is 13.6. The average Bonchev–Trinajstić information content (AvgIpc) is 3.26. The summed E-state index contributed by atoms with van der Waals surface area (Å²) in [5, 5.41) is 5.35. The molecular weight excluding hydrogens is 508 g/mol. The number of piperazine rings is 1. The van der Waals surface area contributed by atoms with Crippen LogP contribution in [0.2, 0.25) is 5.02 Å². The number of aromatic amines is 1. The van der Waals surface area contributed by atoms with E-state index in [1.165, 1.54) is 6.08 Å². The Labute approximate surface area is 225 Å². The van der Waals surface area contributed by atoms with E-state index in [-0.39, 0.29) is 30.9 Å². The molecule has 0 saturated carbocycles. The van der Waals surface area contributed by atoms with Gasteiger partial charge < -0.3 is 24.8 Å². The lowest BCUT2D eigenvalue weighted by molar-refractivity contribution is -0.151. The molecule has 2 aliphatic heterocycles. The third-order valence-corrected chi connectivity index (χ3v) is 7.37. The fourth-order valence-electron chi connectivity index (χ4n) is 5.17. The molecule has 200 valence electrons. The molecule has 10 nitrogen and oxygen atoms in total. The number of aromatic nitrogens is 2. The number of pyridine rings is 1. The number of hydrogen-bond acceptors (Lipinski definition) is 6. The average molecular weight is 539 g/mol. The first-order valence-corrected chi connectivity index (χ1v) is 13.0. The van der Waals surface area contributed by atoms with Crippen LogP contribution < -0.4 is 5.32 Å². The van der Waals surface area contributed by atoms with Gasteiger partial charge >= 0.3 is 0 Å².